The van der Waals surface area contributed by atoms with E-state index in [1.54, 1.807) is 24.4 Å². The van der Waals surface area contributed by atoms with E-state index in [0.717, 1.165) is 28.1 Å². The summed E-state index contributed by atoms with van der Waals surface area (Å²) in [5.74, 6) is 0.435. The number of hydrogen-bond donors (Lipinski definition) is 4. The molecule has 0 bridgehead atoms. The molecule has 190 valence electrons. The van der Waals surface area contributed by atoms with Crippen molar-refractivity contribution in [3.05, 3.63) is 109 Å². The van der Waals surface area contributed by atoms with E-state index in [0.29, 0.717) is 24.6 Å². The fourth-order valence-corrected chi connectivity index (χ4v) is 3.93. The predicted octanol–water partition coefficient (Wildman–Crippen LogP) is 5.68. The third kappa shape index (κ3) is 5.96. The number of anilines is 2. The summed E-state index contributed by atoms with van der Waals surface area (Å²) in [5.41, 5.74) is 4.70. The van der Waals surface area contributed by atoms with Gasteiger partial charge in [0.05, 0.1) is 5.69 Å². The van der Waals surface area contributed by atoms with E-state index in [-0.39, 0.29) is 17.6 Å². The molecule has 5 aromatic rings. The quantitative estimate of drug-likeness (QED) is 0.202. The minimum atomic E-state index is -0.385. The number of para-hydroxylation sites is 1. The molecule has 3 aromatic carbocycles. The number of hydrogen-bond acceptors (Lipinski definition) is 5. The summed E-state index contributed by atoms with van der Waals surface area (Å²) in [6.45, 7) is 0.787. The maximum atomic E-state index is 13.0. The van der Waals surface area contributed by atoms with E-state index in [1.807, 2.05) is 59.4 Å². The Balaban J connectivity index is 1.30. The maximum Gasteiger partial charge on any atom is 0.319 e. The number of carbonyl (C=O) groups excluding carboxylic acids is 1. The predicted molar refractivity (Wildman–Crippen MR) is 146 cm³/mol. The van der Waals surface area contributed by atoms with Crippen molar-refractivity contribution in [2.45, 2.75) is 0 Å². The minimum absolute atomic E-state index is 0.163. The number of aromatic hydroxyl groups is 1. The second kappa shape index (κ2) is 11.3. The standard InChI is InChI=1S/C29H25FN6O2/c30-22-9-11-23(12-10-22)34-29(38)33-16-15-32-27-18-20(13-14-31-27)26-19-36(24-6-2-1-3-7-24)35-28(26)21-5-4-8-25(37)17-21/h1-14,17-19,37H,15-16H2,(H,31,32)(H2,33,34,38). The van der Waals surface area contributed by atoms with E-state index in [2.05, 4.69) is 20.9 Å². The molecule has 0 aliphatic heterocycles. The monoisotopic (exact) mass is 508 g/mol. The summed E-state index contributed by atoms with van der Waals surface area (Å²) in [6, 6.07) is 25.8. The minimum Gasteiger partial charge on any atom is -0.508 e. The van der Waals surface area contributed by atoms with Gasteiger partial charge in [0.1, 0.15) is 23.1 Å². The summed E-state index contributed by atoms with van der Waals surface area (Å²) < 4.78 is 14.8. The molecule has 9 heteroatoms. The van der Waals surface area contributed by atoms with Crippen LogP contribution in [-0.2, 0) is 0 Å². The molecule has 0 atom stereocenters. The lowest BCUT2D eigenvalue weighted by Crippen LogP contribution is -2.32. The number of aromatic nitrogens is 3. The van der Waals surface area contributed by atoms with Crippen molar-refractivity contribution in [2.75, 3.05) is 23.7 Å². The molecular formula is C29H25FN6O2. The first kappa shape index (κ1) is 24.5. The average molecular weight is 509 g/mol. The van der Waals surface area contributed by atoms with Gasteiger partial charge in [-0.3, -0.25) is 0 Å². The van der Waals surface area contributed by atoms with Crippen LogP contribution in [0.4, 0.5) is 20.7 Å². The molecule has 0 saturated heterocycles. The van der Waals surface area contributed by atoms with Crippen LogP contribution in [0.1, 0.15) is 0 Å². The Labute approximate surface area is 218 Å². The van der Waals surface area contributed by atoms with Crippen LogP contribution in [0.25, 0.3) is 28.1 Å². The smallest absolute Gasteiger partial charge is 0.319 e. The third-order valence-electron chi connectivity index (χ3n) is 5.74. The van der Waals surface area contributed by atoms with Gasteiger partial charge in [-0.05, 0) is 66.2 Å². The van der Waals surface area contributed by atoms with Crippen LogP contribution < -0.4 is 16.0 Å². The molecule has 2 aromatic heterocycles. The lowest BCUT2D eigenvalue weighted by molar-refractivity contribution is 0.252. The number of rotatable bonds is 8. The SMILES string of the molecule is O=C(NCCNc1cc(-c2cn(-c3ccccc3)nc2-c2cccc(O)c2)ccn1)Nc1ccc(F)cc1. The van der Waals surface area contributed by atoms with Gasteiger partial charge in [-0.1, -0.05) is 30.3 Å². The highest BCUT2D eigenvalue weighted by Crippen LogP contribution is 2.34. The number of halogens is 1. The molecule has 5 rings (SSSR count). The van der Waals surface area contributed by atoms with Gasteiger partial charge in [-0.25, -0.2) is 18.9 Å². The van der Waals surface area contributed by atoms with Crippen LogP contribution in [-0.4, -0.2) is 39.0 Å². The van der Waals surface area contributed by atoms with Gasteiger partial charge in [-0.15, -0.1) is 0 Å². The highest BCUT2D eigenvalue weighted by Gasteiger charge is 2.15. The van der Waals surface area contributed by atoms with Crippen molar-refractivity contribution in [3.63, 3.8) is 0 Å². The first-order chi connectivity index (χ1) is 18.5. The number of pyridine rings is 1. The molecule has 0 saturated carbocycles. The summed E-state index contributed by atoms with van der Waals surface area (Å²) in [7, 11) is 0. The van der Waals surface area contributed by atoms with Crippen LogP contribution in [0.15, 0.2) is 103 Å². The Kier molecular flexibility index (Phi) is 7.26. The molecule has 4 N–H and O–H groups in total. The molecule has 2 amide bonds. The average Bonchev–Trinajstić information content (AvgIpc) is 3.39. The Hall–Kier alpha value is -5.18. The van der Waals surface area contributed by atoms with Crippen LogP contribution in [0.5, 0.6) is 5.75 Å². The number of carbonyl (C=O) groups is 1. The molecule has 38 heavy (non-hydrogen) atoms. The lowest BCUT2D eigenvalue weighted by Gasteiger charge is -2.10. The van der Waals surface area contributed by atoms with Crippen molar-refractivity contribution >= 4 is 17.5 Å². The van der Waals surface area contributed by atoms with Gasteiger partial charge in [0.2, 0.25) is 0 Å². The van der Waals surface area contributed by atoms with E-state index in [9.17, 15) is 14.3 Å². The zero-order valence-electron chi connectivity index (χ0n) is 20.3. The van der Waals surface area contributed by atoms with Crippen LogP contribution in [0, 0.1) is 5.82 Å². The van der Waals surface area contributed by atoms with E-state index >= 15 is 0 Å². The van der Waals surface area contributed by atoms with Crippen LogP contribution in [0.2, 0.25) is 0 Å². The first-order valence-electron chi connectivity index (χ1n) is 12.0. The number of amides is 2. The number of benzene rings is 3. The molecule has 0 unspecified atom stereocenters. The van der Waals surface area contributed by atoms with Crippen molar-refractivity contribution in [2.24, 2.45) is 0 Å². The normalized spacial score (nSPS) is 10.7. The number of phenols is 1. The van der Waals surface area contributed by atoms with Gasteiger partial charge in [0.25, 0.3) is 0 Å². The van der Waals surface area contributed by atoms with Gasteiger partial charge in [-0.2, -0.15) is 5.10 Å². The molecule has 0 aliphatic rings. The van der Waals surface area contributed by atoms with Crippen LogP contribution >= 0.6 is 0 Å². The van der Waals surface area contributed by atoms with E-state index in [1.165, 1.54) is 24.3 Å². The molecule has 0 radical (unpaired) electrons. The van der Waals surface area contributed by atoms with Crippen molar-refractivity contribution < 1.29 is 14.3 Å². The summed E-state index contributed by atoms with van der Waals surface area (Å²) in [5, 5.41) is 23.5. The van der Waals surface area contributed by atoms with E-state index in [4.69, 9.17) is 5.10 Å². The molecule has 8 nitrogen and oxygen atoms in total. The van der Waals surface area contributed by atoms with Crippen molar-refractivity contribution in [3.8, 4) is 33.8 Å². The fraction of sp³-hybridized carbons (Fsp3) is 0.0690. The second-order valence-corrected chi connectivity index (χ2v) is 8.47. The molecular weight excluding hydrogens is 483 g/mol. The van der Waals surface area contributed by atoms with E-state index < -0.39 is 0 Å². The molecule has 2 heterocycles. The highest BCUT2D eigenvalue weighted by atomic mass is 19.1. The zero-order valence-corrected chi connectivity index (χ0v) is 20.3. The Morgan fingerprint density at radius 3 is 2.50 bits per heavy atom. The topological polar surface area (TPSA) is 104 Å². The summed E-state index contributed by atoms with van der Waals surface area (Å²) in [6.07, 6.45) is 3.66. The molecule has 0 aliphatic carbocycles. The largest absolute Gasteiger partial charge is 0.508 e. The lowest BCUT2D eigenvalue weighted by atomic mass is 10.0. The van der Waals surface area contributed by atoms with Crippen molar-refractivity contribution in [1.29, 1.82) is 0 Å². The third-order valence-corrected chi connectivity index (χ3v) is 5.74. The number of nitrogens with zero attached hydrogens (tertiary/aromatic N) is 3. The van der Waals surface area contributed by atoms with Gasteiger partial charge in [0, 0.05) is 42.3 Å². The van der Waals surface area contributed by atoms with Crippen LogP contribution in [0.3, 0.4) is 0 Å². The fourth-order valence-electron chi connectivity index (χ4n) is 3.93. The summed E-state index contributed by atoms with van der Waals surface area (Å²) >= 11 is 0. The Bertz CT molecular complexity index is 1540. The number of urea groups is 1. The number of phenolic OH excluding ortho intramolecular Hbond substituents is 1. The Morgan fingerprint density at radius 1 is 0.895 bits per heavy atom. The molecule has 0 spiro atoms. The second-order valence-electron chi connectivity index (χ2n) is 8.47. The molecule has 0 fully saturated rings. The first-order valence-corrected chi connectivity index (χ1v) is 12.0. The maximum absolute atomic E-state index is 13.0. The van der Waals surface area contributed by atoms with Crippen molar-refractivity contribution in [1.82, 2.24) is 20.1 Å². The van der Waals surface area contributed by atoms with Gasteiger partial charge >= 0.3 is 6.03 Å². The van der Waals surface area contributed by atoms with Gasteiger partial charge in [0.15, 0.2) is 0 Å². The highest BCUT2D eigenvalue weighted by molar-refractivity contribution is 5.89. The zero-order chi connectivity index (χ0) is 26.3. The Morgan fingerprint density at radius 2 is 1.71 bits per heavy atom. The number of nitrogens with one attached hydrogen (secondary N) is 3. The van der Waals surface area contributed by atoms with Gasteiger partial charge < -0.3 is 21.1 Å². The summed E-state index contributed by atoms with van der Waals surface area (Å²) in [4.78, 5) is 16.5.